The fourth-order valence-electron chi connectivity index (χ4n) is 2.04. The van der Waals surface area contributed by atoms with Crippen molar-refractivity contribution in [2.75, 3.05) is 6.61 Å². The molecule has 23 heavy (non-hydrogen) atoms. The first kappa shape index (κ1) is 18.8. The van der Waals surface area contributed by atoms with Crippen LogP contribution in [0.5, 0.6) is 0 Å². The molecule has 1 aromatic heterocycles. The Morgan fingerprint density at radius 2 is 1.87 bits per heavy atom. The van der Waals surface area contributed by atoms with Gasteiger partial charge in [-0.25, -0.2) is 13.2 Å². The number of carbonyl (C=O) groups is 1. The van der Waals surface area contributed by atoms with Gasteiger partial charge in [0.15, 0.2) is 7.05 Å². The number of esters is 1. The van der Waals surface area contributed by atoms with Crippen LogP contribution in [0.4, 0.5) is 0 Å². The number of carbonyl (C=O) groups excluding carboxylic acids is 1. The molecule has 0 amide bonds. The zero-order valence-electron chi connectivity index (χ0n) is 13.0. The largest absolute Gasteiger partial charge is 0.726 e. The second-order valence-electron chi connectivity index (χ2n) is 4.49. The van der Waals surface area contributed by atoms with Gasteiger partial charge in [-0.2, -0.15) is 0 Å². The fourth-order valence-corrected chi connectivity index (χ4v) is 2.04. The van der Waals surface area contributed by atoms with Gasteiger partial charge < -0.3 is 9.29 Å². The molecule has 2 rings (SSSR count). The highest BCUT2D eigenvalue weighted by Crippen LogP contribution is 2.10. The van der Waals surface area contributed by atoms with Crippen LogP contribution in [0, 0.1) is 6.92 Å². The predicted molar refractivity (Wildman–Crippen MR) is 80.0 cm³/mol. The zero-order chi connectivity index (χ0) is 17.6. The van der Waals surface area contributed by atoms with Gasteiger partial charge in [0.25, 0.3) is 0 Å². The second-order valence-corrected chi connectivity index (χ2v) is 5.35. The number of hydrogen-bond acceptors (Lipinski definition) is 5. The number of aromatic nitrogens is 2. The molecule has 0 aliphatic heterocycles. The summed E-state index contributed by atoms with van der Waals surface area (Å²) >= 11 is 0. The minimum absolute atomic E-state index is 0.294. The average molecular weight is 342 g/mol. The van der Waals surface area contributed by atoms with Gasteiger partial charge in [-0.3, -0.25) is 4.55 Å². The lowest BCUT2D eigenvalue weighted by atomic mass is 10.3. The molecular formula is C14H18N2O6S. The normalized spacial score (nSPS) is 10.7. The first-order valence-electron chi connectivity index (χ1n) is 6.64. The van der Waals surface area contributed by atoms with Crippen LogP contribution in [-0.2, 0) is 22.2 Å². The quantitative estimate of drug-likeness (QED) is 0.382. The maximum absolute atomic E-state index is 11.8. The van der Waals surface area contributed by atoms with E-state index in [4.69, 9.17) is 22.3 Å². The number of nitrogens with zero attached hydrogens (tertiary/aromatic N) is 2. The third-order valence-electron chi connectivity index (χ3n) is 2.81. The number of ether oxygens (including phenoxy) is 1. The maximum atomic E-state index is 11.8. The summed E-state index contributed by atoms with van der Waals surface area (Å²) in [6.45, 7) is 4.16. The van der Waals surface area contributed by atoms with Gasteiger partial charge in [-0.15, -0.1) is 4.68 Å². The van der Waals surface area contributed by atoms with Crippen LogP contribution in [-0.4, -0.2) is 34.8 Å². The lowest BCUT2D eigenvalue weighted by molar-refractivity contribution is -0.746. The van der Waals surface area contributed by atoms with E-state index in [1.54, 1.807) is 6.92 Å². The van der Waals surface area contributed by atoms with E-state index in [0.717, 1.165) is 11.4 Å². The van der Waals surface area contributed by atoms with E-state index >= 15 is 0 Å². The second kappa shape index (κ2) is 7.86. The zero-order valence-corrected chi connectivity index (χ0v) is 13.8. The van der Waals surface area contributed by atoms with E-state index in [9.17, 15) is 4.79 Å². The molecule has 0 radical (unpaired) electrons. The van der Waals surface area contributed by atoms with Crippen LogP contribution in [0.2, 0.25) is 0 Å². The monoisotopic (exact) mass is 342 g/mol. The van der Waals surface area contributed by atoms with E-state index in [0.29, 0.717) is 12.3 Å². The Balaban J connectivity index is 0.000000463. The summed E-state index contributed by atoms with van der Waals surface area (Å²) in [7, 11) is -3.06. The molecule has 0 aliphatic rings. The van der Waals surface area contributed by atoms with Gasteiger partial charge in [0.2, 0.25) is 10.4 Å². The molecule has 1 heterocycles. The van der Waals surface area contributed by atoms with Crippen molar-refractivity contribution in [3.63, 3.8) is 0 Å². The van der Waals surface area contributed by atoms with E-state index in [1.807, 2.05) is 59.7 Å². The fraction of sp³-hybridized carbons (Fsp3) is 0.286. The molecule has 1 aromatic carbocycles. The van der Waals surface area contributed by atoms with Crippen molar-refractivity contribution in [1.29, 1.82) is 0 Å². The van der Waals surface area contributed by atoms with Crippen molar-refractivity contribution in [2.24, 2.45) is 7.05 Å². The van der Waals surface area contributed by atoms with Gasteiger partial charge in [0, 0.05) is 6.07 Å². The third kappa shape index (κ3) is 5.81. The van der Waals surface area contributed by atoms with Crippen molar-refractivity contribution >= 4 is 16.4 Å². The molecule has 126 valence electrons. The standard InChI is InChI=1S/C14H17N2O2.H2O4S/c1-4-18-14(17)13-10-11(2)16(15(13)3)12-8-6-5-7-9-12;1-5(2,3)4/h5-10H,4H2,1-3H3;(H2,1,2,3,4)/q+1;/p-1. The highest BCUT2D eigenvalue weighted by atomic mass is 32.3. The lowest BCUT2D eigenvalue weighted by Gasteiger charge is -2.02. The molecule has 0 fully saturated rings. The summed E-state index contributed by atoms with van der Waals surface area (Å²) in [5.74, 6) is -0.294. The van der Waals surface area contributed by atoms with Crippen molar-refractivity contribution in [3.05, 3.63) is 47.8 Å². The van der Waals surface area contributed by atoms with Gasteiger partial charge in [-0.05, 0) is 26.0 Å². The van der Waals surface area contributed by atoms with Gasteiger partial charge in [0.1, 0.15) is 5.69 Å². The van der Waals surface area contributed by atoms with Gasteiger partial charge in [0.05, 0.1) is 12.3 Å². The molecule has 0 saturated heterocycles. The van der Waals surface area contributed by atoms with Crippen LogP contribution < -0.4 is 4.68 Å². The van der Waals surface area contributed by atoms with E-state index < -0.39 is 10.4 Å². The summed E-state index contributed by atoms with van der Waals surface area (Å²) in [5.41, 5.74) is 2.57. The molecule has 1 N–H and O–H groups in total. The maximum Gasteiger partial charge on any atom is 0.406 e. The SMILES string of the molecule is CCOC(=O)c1cc(C)n(-c2ccccc2)[n+]1C.O=S(=O)([O-])O. The Morgan fingerprint density at radius 1 is 1.35 bits per heavy atom. The number of para-hydroxylation sites is 1. The van der Waals surface area contributed by atoms with Crippen molar-refractivity contribution < 1.29 is 31.7 Å². The number of rotatable bonds is 3. The van der Waals surface area contributed by atoms with Crippen LogP contribution in [0.3, 0.4) is 0 Å². The number of aryl methyl sites for hydroxylation is 1. The molecular weight excluding hydrogens is 324 g/mol. The molecule has 0 aliphatic carbocycles. The average Bonchev–Trinajstić information content (AvgIpc) is 2.73. The Morgan fingerprint density at radius 3 is 2.35 bits per heavy atom. The summed E-state index contributed by atoms with van der Waals surface area (Å²) in [5, 5.41) is 0. The van der Waals surface area contributed by atoms with Crippen molar-refractivity contribution in [3.8, 4) is 5.69 Å². The first-order valence-corrected chi connectivity index (χ1v) is 8.01. The molecule has 9 heteroatoms. The summed E-state index contributed by atoms with van der Waals surface area (Å²) < 4.78 is 41.7. The third-order valence-corrected chi connectivity index (χ3v) is 2.81. The number of benzene rings is 1. The summed E-state index contributed by atoms with van der Waals surface area (Å²) in [6.07, 6.45) is 0. The molecule has 2 aromatic rings. The van der Waals surface area contributed by atoms with E-state index in [1.165, 1.54) is 0 Å². The number of hydrogen-bond donors (Lipinski definition) is 1. The van der Waals surface area contributed by atoms with Gasteiger partial charge in [-0.1, -0.05) is 22.9 Å². The Kier molecular flexibility index (Phi) is 6.43. The highest BCUT2D eigenvalue weighted by molar-refractivity contribution is 7.79. The van der Waals surface area contributed by atoms with E-state index in [-0.39, 0.29) is 5.97 Å². The molecule has 0 bridgehead atoms. The highest BCUT2D eigenvalue weighted by Gasteiger charge is 2.25. The van der Waals surface area contributed by atoms with E-state index in [2.05, 4.69) is 0 Å². The smallest absolute Gasteiger partial charge is 0.406 e. The van der Waals surface area contributed by atoms with Crippen LogP contribution in [0.25, 0.3) is 5.69 Å². The minimum atomic E-state index is -4.92. The topological polar surface area (TPSA) is 113 Å². The molecule has 0 spiro atoms. The first-order chi connectivity index (χ1) is 10.6. The van der Waals surface area contributed by atoms with Crippen LogP contribution >= 0.6 is 0 Å². The molecule has 0 atom stereocenters. The van der Waals surface area contributed by atoms with Crippen molar-refractivity contribution in [2.45, 2.75) is 13.8 Å². The lowest BCUT2D eigenvalue weighted by Crippen LogP contribution is -2.43. The molecule has 0 saturated carbocycles. The van der Waals surface area contributed by atoms with Crippen LogP contribution in [0.1, 0.15) is 23.1 Å². The summed E-state index contributed by atoms with van der Waals surface area (Å²) in [6, 6.07) is 11.8. The predicted octanol–water partition coefficient (Wildman–Crippen LogP) is 0.792. The van der Waals surface area contributed by atoms with Crippen molar-refractivity contribution in [1.82, 2.24) is 4.68 Å². The Labute approximate surface area is 134 Å². The minimum Gasteiger partial charge on any atom is -0.726 e. The Bertz CT molecular complexity index is 760. The molecule has 0 unspecified atom stereocenters. The Hall–Kier alpha value is -2.23. The molecule has 8 nitrogen and oxygen atoms in total. The summed E-state index contributed by atoms with van der Waals surface area (Å²) in [4.78, 5) is 11.8. The van der Waals surface area contributed by atoms with Gasteiger partial charge >= 0.3 is 11.7 Å². The van der Waals surface area contributed by atoms with Crippen LogP contribution in [0.15, 0.2) is 36.4 Å².